The molecule has 2 amide bonds. The molecule has 0 bridgehead atoms. The number of nitrogens with one attached hydrogen (secondary N) is 3. The van der Waals surface area contributed by atoms with Gasteiger partial charge in [0.05, 0.1) is 13.7 Å². The third-order valence-electron chi connectivity index (χ3n) is 8.06. The van der Waals surface area contributed by atoms with Crippen molar-refractivity contribution in [1.82, 2.24) is 15.5 Å². The molecule has 0 saturated heterocycles. The molecule has 0 radical (unpaired) electrons. The standard InChI is InChI=1S/C39H44ClN3O6/c1-4-13-32(39(46)47-3)43-38(45)31(18-10-11-24-41-40)42-35(44)19-12-26-49-34-23-21-28-15-7-9-17-30(28)37(34)36-29-16-8-6-14-27(29)20-22-33(36)48-25-5-2/h4-9,14-17,20-23,31-32,41H,1-2,10-13,18-19,24-26H2,3H3,(H,42,44)(H,43,45)/t31-,32+/m1/s1. The molecule has 3 N–H and O–H groups in total. The second-order valence-electron chi connectivity index (χ2n) is 11.5. The fraction of sp³-hybridized carbons (Fsp3) is 0.308. The number of ether oxygens (including phenoxy) is 3. The molecule has 0 aliphatic rings. The highest BCUT2D eigenvalue weighted by atomic mass is 35.5. The quantitative estimate of drug-likeness (QED) is 0.0397. The number of rotatable bonds is 20. The normalized spacial score (nSPS) is 12.1. The van der Waals surface area contributed by atoms with Crippen LogP contribution in [0.25, 0.3) is 32.7 Å². The molecule has 49 heavy (non-hydrogen) atoms. The van der Waals surface area contributed by atoms with E-state index in [0.717, 1.165) is 32.7 Å². The van der Waals surface area contributed by atoms with E-state index in [9.17, 15) is 14.4 Å². The van der Waals surface area contributed by atoms with Gasteiger partial charge in [-0.05, 0) is 77.6 Å². The van der Waals surface area contributed by atoms with E-state index < -0.39 is 24.0 Å². The molecule has 4 rings (SSSR count). The first-order chi connectivity index (χ1) is 23.9. The lowest BCUT2D eigenvalue weighted by Gasteiger charge is -2.22. The first kappa shape index (κ1) is 37.0. The number of methoxy groups -OCH3 is 1. The average Bonchev–Trinajstić information content (AvgIpc) is 3.12. The number of carbonyl (C=O) groups is 3. The Hall–Kier alpha value is -4.86. The van der Waals surface area contributed by atoms with E-state index in [2.05, 4.69) is 52.9 Å². The Labute approximate surface area is 292 Å². The van der Waals surface area contributed by atoms with Crippen LogP contribution in [-0.4, -0.2) is 56.7 Å². The number of amides is 2. The fourth-order valence-corrected chi connectivity index (χ4v) is 5.83. The van der Waals surface area contributed by atoms with Gasteiger partial charge in [0, 0.05) is 24.1 Å². The topological polar surface area (TPSA) is 115 Å². The Morgan fingerprint density at radius 1 is 0.776 bits per heavy atom. The molecule has 258 valence electrons. The maximum Gasteiger partial charge on any atom is 0.328 e. The van der Waals surface area contributed by atoms with E-state index in [1.807, 2.05) is 48.5 Å². The smallest absolute Gasteiger partial charge is 0.328 e. The summed E-state index contributed by atoms with van der Waals surface area (Å²) >= 11 is 5.58. The van der Waals surface area contributed by atoms with Crippen LogP contribution in [0.1, 0.15) is 38.5 Å². The number of hydrogen-bond acceptors (Lipinski definition) is 7. The van der Waals surface area contributed by atoms with Gasteiger partial charge in [0.25, 0.3) is 0 Å². The van der Waals surface area contributed by atoms with Gasteiger partial charge < -0.3 is 24.8 Å². The zero-order valence-corrected chi connectivity index (χ0v) is 28.6. The van der Waals surface area contributed by atoms with Crippen LogP contribution in [0.4, 0.5) is 0 Å². The summed E-state index contributed by atoms with van der Waals surface area (Å²) in [7, 11) is 1.25. The van der Waals surface area contributed by atoms with Crippen molar-refractivity contribution in [3.63, 3.8) is 0 Å². The Bertz CT molecular complexity index is 1760. The van der Waals surface area contributed by atoms with Gasteiger partial charge in [0.1, 0.15) is 30.2 Å². The van der Waals surface area contributed by atoms with Crippen molar-refractivity contribution in [3.8, 4) is 22.6 Å². The highest BCUT2D eigenvalue weighted by Gasteiger charge is 2.26. The van der Waals surface area contributed by atoms with E-state index in [1.165, 1.54) is 13.2 Å². The summed E-state index contributed by atoms with van der Waals surface area (Å²) in [6, 6.07) is 22.5. The lowest BCUT2D eigenvalue weighted by molar-refractivity contribution is -0.145. The number of carbonyl (C=O) groups excluding carboxylic acids is 3. The van der Waals surface area contributed by atoms with E-state index >= 15 is 0 Å². The third-order valence-corrected chi connectivity index (χ3v) is 8.25. The predicted molar refractivity (Wildman–Crippen MR) is 196 cm³/mol. The monoisotopic (exact) mass is 685 g/mol. The first-order valence-electron chi connectivity index (χ1n) is 16.4. The molecule has 4 aromatic rings. The molecule has 0 fully saturated rings. The average molecular weight is 686 g/mol. The van der Waals surface area contributed by atoms with Crippen molar-refractivity contribution in [3.05, 3.63) is 98.1 Å². The van der Waals surface area contributed by atoms with Crippen LogP contribution in [0.5, 0.6) is 11.5 Å². The highest BCUT2D eigenvalue weighted by molar-refractivity contribution is 6.13. The molecule has 0 aliphatic carbocycles. The third kappa shape index (κ3) is 10.1. The van der Waals surface area contributed by atoms with Crippen LogP contribution >= 0.6 is 11.8 Å². The van der Waals surface area contributed by atoms with Gasteiger partial charge in [0.15, 0.2) is 0 Å². The Balaban J connectivity index is 1.51. The minimum atomic E-state index is -0.895. The first-order valence-corrected chi connectivity index (χ1v) is 16.8. The summed E-state index contributed by atoms with van der Waals surface area (Å²) < 4.78 is 17.4. The summed E-state index contributed by atoms with van der Waals surface area (Å²) in [6.45, 7) is 8.63. The van der Waals surface area contributed by atoms with Gasteiger partial charge in [-0.3, -0.25) is 9.59 Å². The van der Waals surface area contributed by atoms with Crippen LogP contribution in [0.15, 0.2) is 98.1 Å². The predicted octanol–water partition coefficient (Wildman–Crippen LogP) is 7.02. The number of fused-ring (bicyclic) bond motifs is 2. The van der Waals surface area contributed by atoms with Gasteiger partial charge in [-0.1, -0.05) is 79.4 Å². The second-order valence-corrected chi connectivity index (χ2v) is 11.7. The van der Waals surface area contributed by atoms with Gasteiger partial charge in [-0.15, -0.1) is 6.58 Å². The van der Waals surface area contributed by atoms with Crippen molar-refractivity contribution < 1.29 is 28.6 Å². The summed E-state index contributed by atoms with van der Waals surface area (Å²) in [5, 5.41) is 9.69. The fourth-order valence-electron chi connectivity index (χ4n) is 5.69. The number of halogens is 1. The largest absolute Gasteiger partial charge is 0.493 e. The minimum Gasteiger partial charge on any atom is -0.493 e. The molecule has 0 unspecified atom stereocenters. The molecule has 0 aliphatic heterocycles. The Kier molecular flexibility index (Phi) is 14.5. The number of benzene rings is 4. The summed E-state index contributed by atoms with van der Waals surface area (Å²) in [5.41, 5.74) is 1.82. The van der Waals surface area contributed by atoms with Crippen LogP contribution in [0.3, 0.4) is 0 Å². The SMILES string of the molecule is C=CCOc1ccc2ccccc2c1-c1c(OCCCC(=O)N[C@H](CCCCNCl)C(=O)N[C@@H](CC=C)C(=O)OC)ccc2ccccc12. The van der Waals surface area contributed by atoms with Crippen LogP contribution in [0, 0.1) is 0 Å². The molecule has 2 atom stereocenters. The van der Waals surface area contributed by atoms with Crippen LogP contribution in [-0.2, 0) is 19.1 Å². The number of hydrogen-bond donors (Lipinski definition) is 3. The molecule has 0 aromatic heterocycles. The molecule has 9 nitrogen and oxygen atoms in total. The van der Waals surface area contributed by atoms with Crippen LogP contribution in [0.2, 0.25) is 0 Å². The van der Waals surface area contributed by atoms with E-state index in [4.69, 9.17) is 26.0 Å². The molecule has 0 heterocycles. The summed E-state index contributed by atoms with van der Waals surface area (Å²) in [4.78, 5) is 41.0. The molecular formula is C39H44ClN3O6. The Morgan fingerprint density at radius 3 is 2.00 bits per heavy atom. The summed E-state index contributed by atoms with van der Waals surface area (Å²) in [6.07, 6.45) is 5.68. The van der Waals surface area contributed by atoms with Gasteiger partial charge in [-0.2, -0.15) is 0 Å². The van der Waals surface area contributed by atoms with Crippen molar-refractivity contribution in [1.29, 1.82) is 0 Å². The van der Waals surface area contributed by atoms with Crippen molar-refractivity contribution in [2.45, 2.75) is 50.6 Å². The Morgan fingerprint density at radius 2 is 1.41 bits per heavy atom. The van der Waals surface area contributed by atoms with Crippen molar-refractivity contribution in [2.24, 2.45) is 0 Å². The molecule has 0 saturated carbocycles. The van der Waals surface area contributed by atoms with Gasteiger partial charge in [0.2, 0.25) is 11.8 Å². The number of esters is 1. The molecular weight excluding hydrogens is 642 g/mol. The zero-order chi connectivity index (χ0) is 35.0. The van der Waals surface area contributed by atoms with Crippen LogP contribution < -0.4 is 24.9 Å². The van der Waals surface area contributed by atoms with Gasteiger partial charge in [-0.25, -0.2) is 9.63 Å². The van der Waals surface area contributed by atoms with E-state index in [0.29, 0.717) is 50.3 Å². The maximum absolute atomic E-state index is 13.2. The maximum atomic E-state index is 13.2. The van der Waals surface area contributed by atoms with E-state index in [-0.39, 0.29) is 25.4 Å². The minimum absolute atomic E-state index is 0.130. The number of unbranched alkanes of at least 4 members (excludes halogenated alkanes) is 1. The van der Waals surface area contributed by atoms with Crippen molar-refractivity contribution in [2.75, 3.05) is 26.9 Å². The van der Waals surface area contributed by atoms with E-state index in [1.54, 1.807) is 6.08 Å². The van der Waals surface area contributed by atoms with Crippen molar-refractivity contribution >= 4 is 51.1 Å². The molecule has 0 spiro atoms. The van der Waals surface area contributed by atoms with Gasteiger partial charge >= 0.3 is 5.97 Å². The lowest BCUT2D eigenvalue weighted by atomic mass is 9.92. The molecule has 10 heteroatoms. The second kappa shape index (κ2) is 19.2. The summed E-state index contributed by atoms with van der Waals surface area (Å²) in [5.74, 6) is 0.0299. The molecule has 4 aromatic carbocycles. The zero-order valence-electron chi connectivity index (χ0n) is 27.8. The highest BCUT2D eigenvalue weighted by Crippen LogP contribution is 2.45. The lowest BCUT2D eigenvalue weighted by Crippen LogP contribution is -2.51.